The zero-order chi connectivity index (χ0) is 11.0. The van der Waals surface area contributed by atoms with Crippen molar-refractivity contribution in [2.75, 3.05) is 7.11 Å². The van der Waals surface area contributed by atoms with E-state index in [1.807, 2.05) is 4.98 Å². The van der Waals surface area contributed by atoms with Crippen LogP contribution in [-0.2, 0) is 0 Å². The Morgan fingerprint density at radius 1 is 1.27 bits per heavy atom. The second-order valence-corrected chi connectivity index (χ2v) is 2.91. The first-order valence-electron chi connectivity index (χ1n) is 4.12. The Labute approximate surface area is 82.5 Å². The molecular weight excluding hydrogens is 203 g/mol. The van der Waals surface area contributed by atoms with Gasteiger partial charge in [-0.1, -0.05) is 0 Å². The van der Waals surface area contributed by atoms with Crippen LogP contribution in [-0.4, -0.2) is 17.1 Å². The SMILES string of the molecule is COc1ccc(F)c2c(=O)[nH]c(=O)[nH]c12. The quantitative estimate of drug-likeness (QED) is 0.713. The van der Waals surface area contributed by atoms with Crippen molar-refractivity contribution in [1.82, 2.24) is 9.97 Å². The van der Waals surface area contributed by atoms with Gasteiger partial charge >= 0.3 is 5.69 Å². The molecule has 0 aliphatic carbocycles. The number of methoxy groups -OCH3 is 1. The second-order valence-electron chi connectivity index (χ2n) is 2.91. The molecule has 78 valence electrons. The lowest BCUT2D eigenvalue weighted by Gasteiger charge is -2.04. The fraction of sp³-hybridized carbons (Fsp3) is 0.111. The van der Waals surface area contributed by atoms with E-state index in [1.165, 1.54) is 13.2 Å². The molecule has 0 unspecified atom stereocenters. The van der Waals surface area contributed by atoms with Crippen LogP contribution in [0.15, 0.2) is 21.7 Å². The van der Waals surface area contributed by atoms with E-state index in [-0.39, 0.29) is 16.7 Å². The molecule has 0 aliphatic heterocycles. The summed E-state index contributed by atoms with van der Waals surface area (Å²) in [7, 11) is 1.37. The van der Waals surface area contributed by atoms with Crippen molar-refractivity contribution in [1.29, 1.82) is 0 Å². The molecule has 2 aromatic rings. The lowest BCUT2D eigenvalue weighted by atomic mass is 10.2. The van der Waals surface area contributed by atoms with Crippen LogP contribution in [0.4, 0.5) is 4.39 Å². The lowest BCUT2D eigenvalue weighted by molar-refractivity contribution is 0.418. The maximum Gasteiger partial charge on any atom is 0.326 e. The number of nitrogens with one attached hydrogen (secondary N) is 2. The fourth-order valence-electron chi connectivity index (χ4n) is 1.38. The molecule has 6 heteroatoms. The van der Waals surface area contributed by atoms with Gasteiger partial charge in [-0.05, 0) is 12.1 Å². The van der Waals surface area contributed by atoms with Gasteiger partial charge < -0.3 is 9.72 Å². The monoisotopic (exact) mass is 210 g/mol. The number of rotatable bonds is 1. The number of ether oxygens (including phenoxy) is 1. The Morgan fingerprint density at radius 2 is 2.00 bits per heavy atom. The van der Waals surface area contributed by atoms with E-state index in [0.717, 1.165) is 6.07 Å². The molecule has 1 aromatic heterocycles. The number of hydrogen-bond donors (Lipinski definition) is 2. The molecule has 2 N–H and O–H groups in total. The Morgan fingerprint density at radius 3 is 2.67 bits per heavy atom. The molecule has 1 heterocycles. The molecule has 2 rings (SSSR count). The molecule has 0 atom stereocenters. The Kier molecular flexibility index (Phi) is 2.03. The highest BCUT2D eigenvalue weighted by Crippen LogP contribution is 2.21. The fourth-order valence-corrected chi connectivity index (χ4v) is 1.38. The van der Waals surface area contributed by atoms with Gasteiger partial charge in [-0.25, -0.2) is 9.18 Å². The van der Waals surface area contributed by atoms with Crippen LogP contribution >= 0.6 is 0 Å². The summed E-state index contributed by atoms with van der Waals surface area (Å²) >= 11 is 0. The van der Waals surface area contributed by atoms with Crippen LogP contribution in [0.1, 0.15) is 0 Å². The number of fused-ring (bicyclic) bond motifs is 1. The molecule has 0 amide bonds. The molecule has 1 aromatic carbocycles. The van der Waals surface area contributed by atoms with Gasteiger partial charge in [-0.3, -0.25) is 9.78 Å². The summed E-state index contributed by atoms with van der Waals surface area (Å²) in [4.78, 5) is 26.6. The first-order valence-corrected chi connectivity index (χ1v) is 4.12. The number of H-pyrrole nitrogens is 2. The van der Waals surface area contributed by atoms with E-state index in [4.69, 9.17) is 4.74 Å². The third-order valence-electron chi connectivity index (χ3n) is 2.03. The van der Waals surface area contributed by atoms with Crippen molar-refractivity contribution in [3.05, 3.63) is 38.8 Å². The number of aromatic amines is 2. The van der Waals surface area contributed by atoms with E-state index in [2.05, 4.69) is 4.98 Å². The van der Waals surface area contributed by atoms with Crippen LogP contribution < -0.4 is 16.0 Å². The average Bonchev–Trinajstić information content (AvgIpc) is 2.17. The Bertz CT molecular complexity index is 629. The molecule has 0 bridgehead atoms. The van der Waals surface area contributed by atoms with Gasteiger partial charge in [0.1, 0.15) is 22.5 Å². The van der Waals surface area contributed by atoms with Crippen molar-refractivity contribution >= 4 is 10.9 Å². The Balaban J connectivity index is 3.07. The van der Waals surface area contributed by atoms with Crippen LogP contribution in [0.2, 0.25) is 0 Å². The zero-order valence-corrected chi connectivity index (χ0v) is 7.76. The maximum absolute atomic E-state index is 13.3. The van der Waals surface area contributed by atoms with Crippen LogP contribution in [0.3, 0.4) is 0 Å². The number of halogens is 1. The van der Waals surface area contributed by atoms with Gasteiger partial charge in [0.2, 0.25) is 0 Å². The minimum absolute atomic E-state index is 0.0613. The largest absolute Gasteiger partial charge is 0.495 e. The first kappa shape index (κ1) is 9.45. The molecule has 0 saturated carbocycles. The van der Waals surface area contributed by atoms with Gasteiger partial charge in [0.15, 0.2) is 0 Å². The molecule has 0 aliphatic rings. The van der Waals surface area contributed by atoms with Crippen molar-refractivity contribution < 1.29 is 9.13 Å². The molecule has 5 nitrogen and oxygen atoms in total. The predicted molar refractivity (Wildman–Crippen MR) is 51.7 cm³/mol. The third-order valence-corrected chi connectivity index (χ3v) is 2.03. The molecule has 0 fully saturated rings. The van der Waals surface area contributed by atoms with E-state index >= 15 is 0 Å². The highest BCUT2D eigenvalue weighted by atomic mass is 19.1. The van der Waals surface area contributed by atoms with Gasteiger partial charge in [0.05, 0.1) is 7.11 Å². The van der Waals surface area contributed by atoms with E-state index in [0.29, 0.717) is 0 Å². The molecular formula is C9H7FN2O3. The normalized spacial score (nSPS) is 10.5. The highest BCUT2D eigenvalue weighted by Gasteiger charge is 2.10. The van der Waals surface area contributed by atoms with Gasteiger partial charge in [0.25, 0.3) is 5.56 Å². The summed E-state index contributed by atoms with van der Waals surface area (Å²) in [6, 6.07) is 2.45. The van der Waals surface area contributed by atoms with Gasteiger partial charge in [-0.2, -0.15) is 0 Å². The van der Waals surface area contributed by atoms with Crippen molar-refractivity contribution in [2.24, 2.45) is 0 Å². The molecule has 0 radical (unpaired) electrons. The minimum atomic E-state index is -0.773. The van der Waals surface area contributed by atoms with Crippen molar-refractivity contribution in [3.63, 3.8) is 0 Å². The highest BCUT2D eigenvalue weighted by molar-refractivity contribution is 5.83. The van der Waals surface area contributed by atoms with Crippen molar-refractivity contribution in [3.8, 4) is 5.75 Å². The smallest absolute Gasteiger partial charge is 0.326 e. The number of aromatic nitrogens is 2. The third kappa shape index (κ3) is 1.39. The summed E-state index contributed by atoms with van der Waals surface area (Å²) in [5, 5.41) is -0.214. The summed E-state index contributed by atoms with van der Waals surface area (Å²) < 4.78 is 18.2. The summed E-state index contributed by atoms with van der Waals surface area (Å²) in [6.45, 7) is 0. The van der Waals surface area contributed by atoms with E-state index < -0.39 is 17.1 Å². The maximum atomic E-state index is 13.3. The van der Waals surface area contributed by atoms with Gasteiger partial charge in [0, 0.05) is 0 Å². The number of hydrogen-bond acceptors (Lipinski definition) is 3. The molecule has 15 heavy (non-hydrogen) atoms. The zero-order valence-electron chi connectivity index (χ0n) is 7.76. The predicted octanol–water partition coefficient (Wildman–Crippen LogP) is 0.364. The standard InChI is InChI=1S/C9H7FN2O3/c1-15-5-3-2-4(10)6-7(5)11-9(14)12-8(6)13/h2-3H,1H3,(H2,11,12,13,14). The average molecular weight is 210 g/mol. The van der Waals surface area contributed by atoms with E-state index in [9.17, 15) is 14.0 Å². The second kappa shape index (κ2) is 3.23. The summed E-state index contributed by atoms with van der Waals surface area (Å²) in [5.41, 5.74) is -1.41. The Hall–Kier alpha value is -2.11. The topological polar surface area (TPSA) is 75.0 Å². The van der Waals surface area contributed by atoms with Crippen molar-refractivity contribution in [2.45, 2.75) is 0 Å². The molecule has 0 spiro atoms. The van der Waals surface area contributed by atoms with Crippen LogP contribution in [0.5, 0.6) is 5.75 Å². The number of benzene rings is 1. The lowest BCUT2D eigenvalue weighted by Crippen LogP contribution is -2.22. The first-order chi connectivity index (χ1) is 7.13. The van der Waals surface area contributed by atoms with Crippen LogP contribution in [0.25, 0.3) is 10.9 Å². The minimum Gasteiger partial charge on any atom is -0.495 e. The molecule has 0 saturated heterocycles. The summed E-state index contributed by atoms with van der Waals surface area (Å²) in [5.74, 6) is -0.460. The van der Waals surface area contributed by atoms with Crippen LogP contribution in [0, 0.1) is 5.82 Å². The summed E-state index contributed by atoms with van der Waals surface area (Å²) in [6.07, 6.45) is 0. The van der Waals surface area contributed by atoms with Gasteiger partial charge in [-0.15, -0.1) is 0 Å². The van der Waals surface area contributed by atoms with E-state index in [1.54, 1.807) is 0 Å².